The fourth-order valence-corrected chi connectivity index (χ4v) is 4.88. The van der Waals surface area contributed by atoms with Gasteiger partial charge in [-0.15, -0.1) is 0 Å². The normalized spacial score (nSPS) is 19.6. The van der Waals surface area contributed by atoms with Crippen molar-refractivity contribution in [3.63, 3.8) is 0 Å². The van der Waals surface area contributed by atoms with Crippen LogP contribution in [0.15, 0.2) is 36.0 Å². The van der Waals surface area contributed by atoms with E-state index in [-0.39, 0.29) is 29.3 Å². The number of ketones is 1. The van der Waals surface area contributed by atoms with Crippen LogP contribution < -0.4 is 0 Å². The summed E-state index contributed by atoms with van der Waals surface area (Å²) in [5, 5.41) is 8.88. The number of allylic oxidation sites excluding steroid dienone is 5. The van der Waals surface area contributed by atoms with Gasteiger partial charge in [-0.05, 0) is 56.3 Å². The first-order chi connectivity index (χ1) is 14.5. The summed E-state index contributed by atoms with van der Waals surface area (Å²) in [6.45, 7) is 13.6. The minimum atomic E-state index is -1.86. The number of hydrogen-bond donors (Lipinski definition) is 1. The van der Waals surface area contributed by atoms with Crippen LogP contribution in [-0.2, 0) is 14.0 Å². The number of hydrogen-bond acceptors (Lipinski definition) is 3. The molecule has 4 nitrogen and oxygen atoms in total. The monoisotopic (exact) mass is 448 g/mol. The molecule has 5 heteroatoms. The summed E-state index contributed by atoms with van der Waals surface area (Å²) < 4.78 is 6.72. The number of carboxylic acids is 1. The second kappa shape index (κ2) is 13.2. The minimum absolute atomic E-state index is 0.115. The quantitative estimate of drug-likeness (QED) is 0.132. The first kappa shape index (κ1) is 27.6. The lowest BCUT2D eigenvalue weighted by molar-refractivity contribution is -0.137. The molecule has 0 aromatic heterocycles. The fraction of sp³-hybridized carbons (Fsp3) is 0.692. The zero-order valence-electron chi connectivity index (χ0n) is 20.6. The molecule has 1 N–H and O–H groups in total. The van der Waals surface area contributed by atoms with Crippen LogP contribution >= 0.6 is 0 Å². The van der Waals surface area contributed by atoms with E-state index in [1.165, 1.54) is 12.8 Å². The van der Waals surface area contributed by atoms with E-state index in [0.717, 1.165) is 37.7 Å². The highest BCUT2D eigenvalue weighted by Crippen LogP contribution is 2.38. The summed E-state index contributed by atoms with van der Waals surface area (Å²) in [4.78, 5) is 23.0. The van der Waals surface area contributed by atoms with Gasteiger partial charge in [0.25, 0.3) is 0 Å². The topological polar surface area (TPSA) is 63.6 Å². The Kier molecular flexibility index (Phi) is 11.7. The summed E-state index contributed by atoms with van der Waals surface area (Å²) >= 11 is 0. The molecule has 0 aliphatic heterocycles. The van der Waals surface area contributed by atoms with Crippen LogP contribution in [0.1, 0.15) is 85.5 Å². The van der Waals surface area contributed by atoms with Gasteiger partial charge < -0.3 is 9.53 Å². The molecular formula is C26H44O4Si. The molecule has 1 rings (SSSR count). The molecule has 0 heterocycles. The number of unbranched alkanes of at least 4 members (excludes halogenated alkanes) is 3. The lowest BCUT2D eigenvalue weighted by atomic mass is 9.95. The van der Waals surface area contributed by atoms with Gasteiger partial charge in [-0.1, -0.05) is 71.3 Å². The second-order valence-corrected chi connectivity index (χ2v) is 15.0. The van der Waals surface area contributed by atoms with Crippen molar-refractivity contribution in [2.24, 2.45) is 5.92 Å². The molecular weight excluding hydrogens is 404 g/mol. The third-order valence-electron chi connectivity index (χ3n) is 6.48. The first-order valence-corrected chi connectivity index (χ1v) is 14.9. The molecule has 1 aliphatic rings. The molecule has 1 aliphatic carbocycles. The molecule has 176 valence electrons. The van der Waals surface area contributed by atoms with Gasteiger partial charge >= 0.3 is 5.97 Å². The van der Waals surface area contributed by atoms with Crippen molar-refractivity contribution >= 4 is 20.1 Å². The average molecular weight is 449 g/mol. The van der Waals surface area contributed by atoms with Crippen molar-refractivity contribution in [1.29, 1.82) is 0 Å². The highest BCUT2D eigenvalue weighted by Gasteiger charge is 2.39. The third kappa shape index (κ3) is 10.1. The van der Waals surface area contributed by atoms with E-state index in [1.54, 1.807) is 6.08 Å². The molecule has 0 unspecified atom stereocenters. The number of rotatable bonds is 14. The Bertz CT molecular complexity index is 667. The number of carbonyl (C=O) groups excluding carboxylic acids is 1. The molecule has 0 radical (unpaired) electrons. The Labute approximate surface area is 191 Å². The van der Waals surface area contributed by atoms with E-state index in [1.807, 2.05) is 12.2 Å². The molecule has 0 spiro atoms. The first-order valence-electron chi connectivity index (χ1n) is 11.9. The number of aliphatic carboxylic acids is 1. The standard InChI is InChI=1S/C26H44O4Si/c1-7-8-11-15-22(30-31(5,6)26(2,3)4)18-19-23-21(17-20-24(23)27)14-12-9-10-13-16-25(28)29/h9,12,17,19-22H,7-8,10-11,13-16,18H2,1-6H3,(H,28,29)/b12-9-,23-19-/t21-,22-/m0/s1. The molecule has 2 atom stereocenters. The smallest absolute Gasteiger partial charge is 0.303 e. The summed E-state index contributed by atoms with van der Waals surface area (Å²) in [5.74, 6) is -0.521. The lowest BCUT2D eigenvalue weighted by Crippen LogP contribution is -2.43. The Morgan fingerprint density at radius 1 is 1.23 bits per heavy atom. The Morgan fingerprint density at radius 2 is 1.94 bits per heavy atom. The van der Waals surface area contributed by atoms with Gasteiger partial charge in [0.15, 0.2) is 14.1 Å². The summed E-state index contributed by atoms with van der Waals surface area (Å²) in [6.07, 6.45) is 17.9. The van der Waals surface area contributed by atoms with Crippen molar-refractivity contribution in [3.8, 4) is 0 Å². The van der Waals surface area contributed by atoms with Crippen LogP contribution in [0.3, 0.4) is 0 Å². The lowest BCUT2D eigenvalue weighted by Gasteiger charge is -2.39. The van der Waals surface area contributed by atoms with Crippen molar-refractivity contribution in [1.82, 2.24) is 0 Å². The van der Waals surface area contributed by atoms with Crippen molar-refractivity contribution in [2.45, 2.75) is 110 Å². The van der Waals surface area contributed by atoms with E-state index in [2.05, 4.69) is 52.9 Å². The SMILES string of the molecule is CCCCC[C@@H](C/C=C1\C(=O)C=C[C@@H]1C/C=C\CCCC(=O)O)O[Si](C)(C)C(C)(C)C. The molecule has 0 amide bonds. The van der Waals surface area contributed by atoms with Crippen molar-refractivity contribution in [3.05, 3.63) is 36.0 Å². The zero-order chi connectivity index (χ0) is 23.5. The molecule has 0 aromatic rings. The van der Waals surface area contributed by atoms with Crippen LogP contribution in [0, 0.1) is 5.92 Å². The van der Waals surface area contributed by atoms with Crippen molar-refractivity contribution in [2.75, 3.05) is 0 Å². The van der Waals surface area contributed by atoms with Crippen LogP contribution in [-0.4, -0.2) is 31.3 Å². The average Bonchev–Trinajstić information content (AvgIpc) is 3.01. The molecule has 0 aromatic carbocycles. The van der Waals surface area contributed by atoms with Gasteiger partial charge in [-0.2, -0.15) is 0 Å². The van der Waals surface area contributed by atoms with E-state index in [9.17, 15) is 9.59 Å². The van der Waals surface area contributed by atoms with E-state index >= 15 is 0 Å². The van der Waals surface area contributed by atoms with Crippen LogP contribution in [0.5, 0.6) is 0 Å². The highest BCUT2D eigenvalue weighted by molar-refractivity contribution is 6.74. The van der Waals surface area contributed by atoms with Gasteiger partial charge in [0.2, 0.25) is 0 Å². The maximum Gasteiger partial charge on any atom is 0.303 e. The zero-order valence-corrected chi connectivity index (χ0v) is 21.6. The van der Waals surface area contributed by atoms with Crippen LogP contribution in [0.2, 0.25) is 18.1 Å². The molecule has 0 saturated carbocycles. The molecule has 0 saturated heterocycles. The van der Waals surface area contributed by atoms with E-state index in [4.69, 9.17) is 9.53 Å². The Morgan fingerprint density at radius 3 is 2.55 bits per heavy atom. The predicted octanol–water partition coefficient (Wildman–Crippen LogP) is 7.23. The molecule has 0 bridgehead atoms. The van der Waals surface area contributed by atoms with Gasteiger partial charge in [0, 0.05) is 24.0 Å². The Hall–Kier alpha value is -1.46. The predicted molar refractivity (Wildman–Crippen MR) is 132 cm³/mol. The van der Waals surface area contributed by atoms with Crippen LogP contribution in [0.4, 0.5) is 0 Å². The fourth-order valence-electron chi connectivity index (χ4n) is 3.47. The van der Waals surface area contributed by atoms with Gasteiger partial charge in [0.1, 0.15) is 0 Å². The minimum Gasteiger partial charge on any atom is -0.481 e. The third-order valence-corrected chi connectivity index (χ3v) is 11.0. The summed E-state index contributed by atoms with van der Waals surface area (Å²) in [5.41, 5.74) is 0.884. The summed E-state index contributed by atoms with van der Waals surface area (Å²) in [6, 6.07) is 0. The Balaban J connectivity index is 2.75. The van der Waals surface area contributed by atoms with E-state index in [0.29, 0.717) is 6.42 Å². The largest absolute Gasteiger partial charge is 0.481 e. The maximum atomic E-state index is 12.4. The molecule has 0 fully saturated rings. The number of carbonyl (C=O) groups is 2. The second-order valence-electron chi connectivity index (χ2n) is 10.2. The highest BCUT2D eigenvalue weighted by atomic mass is 28.4. The van der Waals surface area contributed by atoms with Crippen LogP contribution in [0.25, 0.3) is 0 Å². The molecule has 31 heavy (non-hydrogen) atoms. The maximum absolute atomic E-state index is 12.4. The summed E-state index contributed by atoms with van der Waals surface area (Å²) in [7, 11) is -1.86. The van der Waals surface area contributed by atoms with Gasteiger partial charge in [-0.3, -0.25) is 9.59 Å². The van der Waals surface area contributed by atoms with Gasteiger partial charge in [0.05, 0.1) is 0 Å². The van der Waals surface area contributed by atoms with Gasteiger partial charge in [-0.25, -0.2) is 0 Å². The number of carboxylic acid groups (broad SMARTS) is 1. The van der Waals surface area contributed by atoms with Crippen molar-refractivity contribution < 1.29 is 19.1 Å². The van der Waals surface area contributed by atoms with E-state index < -0.39 is 14.3 Å².